The minimum absolute atomic E-state index is 0.186. The molecule has 1 aromatic heterocycles. The van der Waals surface area contributed by atoms with Crippen LogP contribution in [0.4, 0.5) is 5.69 Å². The number of fused-ring (bicyclic) bond motifs is 1. The fraction of sp³-hybridized carbons (Fsp3) is 0.250. The Labute approximate surface area is 181 Å². The summed E-state index contributed by atoms with van der Waals surface area (Å²) in [5, 5.41) is 14.2. The fourth-order valence-corrected chi connectivity index (χ4v) is 3.66. The maximum Gasteiger partial charge on any atom is 0.272 e. The summed E-state index contributed by atoms with van der Waals surface area (Å²) in [4.78, 5) is 24.3. The third kappa shape index (κ3) is 5.06. The SMILES string of the molecule is CC(=O)N/C(=C\c1ccccc1)C(=O)Nc1ccc(-c2nnc3n2CCCCC3)cc1. The maximum absolute atomic E-state index is 12.8. The Morgan fingerprint density at radius 2 is 1.74 bits per heavy atom. The molecule has 4 rings (SSSR count). The van der Waals surface area contributed by atoms with Crippen molar-refractivity contribution in [2.45, 2.75) is 39.2 Å². The zero-order chi connectivity index (χ0) is 21.6. The van der Waals surface area contributed by atoms with Crippen LogP contribution in [0.1, 0.15) is 37.6 Å². The Kier molecular flexibility index (Phi) is 6.21. The lowest BCUT2D eigenvalue weighted by molar-refractivity contribution is -0.120. The van der Waals surface area contributed by atoms with Gasteiger partial charge >= 0.3 is 0 Å². The number of nitrogens with zero attached hydrogens (tertiary/aromatic N) is 3. The highest BCUT2D eigenvalue weighted by Gasteiger charge is 2.16. The highest BCUT2D eigenvalue weighted by atomic mass is 16.2. The van der Waals surface area contributed by atoms with Crippen molar-refractivity contribution in [2.75, 3.05) is 5.32 Å². The molecule has 0 atom stereocenters. The molecule has 0 unspecified atom stereocenters. The standard InChI is InChI=1S/C24H25N5O2/c1-17(30)25-21(16-18-8-4-2-5-9-18)24(31)26-20-13-11-19(12-14-20)23-28-27-22-10-6-3-7-15-29(22)23/h2,4-5,8-9,11-14,16H,3,6-7,10,15H2,1H3,(H,25,30)(H,26,31)/b21-16-. The molecule has 0 bridgehead atoms. The summed E-state index contributed by atoms with van der Waals surface area (Å²) in [6.45, 7) is 2.31. The van der Waals surface area contributed by atoms with Crippen molar-refractivity contribution in [3.8, 4) is 11.4 Å². The summed E-state index contributed by atoms with van der Waals surface area (Å²) in [6, 6.07) is 16.9. The molecular formula is C24H25N5O2. The summed E-state index contributed by atoms with van der Waals surface area (Å²) in [5.74, 6) is 1.21. The van der Waals surface area contributed by atoms with Gasteiger partial charge in [-0.05, 0) is 48.7 Å². The van der Waals surface area contributed by atoms with Gasteiger partial charge in [0.1, 0.15) is 11.5 Å². The van der Waals surface area contributed by atoms with Gasteiger partial charge in [0, 0.05) is 31.1 Å². The molecule has 1 aliphatic heterocycles. The Balaban J connectivity index is 1.51. The van der Waals surface area contributed by atoms with Crippen molar-refractivity contribution >= 4 is 23.6 Å². The van der Waals surface area contributed by atoms with E-state index in [1.54, 1.807) is 6.08 Å². The molecule has 1 aliphatic rings. The summed E-state index contributed by atoms with van der Waals surface area (Å²) in [5.41, 5.74) is 2.60. The van der Waals surface area contributed by atoms with Crippen LogP contribution in [0, 0.1) is 0 Å². The number of carbonyl (C=O) groups is 2. The number of aromatic nitrogens is 3. The molecule has 7 nitrogen and oxygen atoms in total. The molecule has 0 radical (unpaired) electrons. The van der Waals surface area contributed by atoms with Gasteiger partial charge < -0.3 is 15.2 Å². The average molecular weight is 415 g/mol. The Morgan fingerprint density at radius 1 is 0.968 bits per heavy atom. The number of carbonyl (C=O) groups excluding carboxylic acids is 2. The van der Waals surface area contributed by atoms with E-state index < -0.39 is 0 Å². The Bertz CT molecular complexity index is 1100. The Hall–Kier alpha value is -3.74. The van der Waals surface area contributed by atoms with E-state index in [1.807, 2.05) is 54.6 Å². The lowest BCUT2D eigenvalue weighted by Gasteiger charge is -2.11. The van der Waals surface area contributed by atoms with E-state index in [4.69, 9.17) is 0 Å². The van der Waals surface area contributed by atoms with E-state index in [-0.39, 0.29) is 17.5 Å². The first-order valence-corrected chi connectivity index (χ1v) is 10.5. The van der Waals surface area contributed by atoms with Crippen LogP contribution < -0.4 is 10.6 Å². The van der Waals surface area contributed by atoms with Crippen LogP contribution in [-0.2, 0) is 22.6 Å². The monoisotopic (exact) mass is 415 g/mol. The molecule has 7 heteroatoms. The average Bonchev–Trinajstić information content (AvgIpc) is 3.02. The smallest absolute Gasteiger partial charge is 0.272 e. The molecule has 31 heavy (non-hydrogen) atoms. The van der Waals surface area contributed by atoms with Crippen LogP contribution in [0.15, 0.2) is 60.3 Å². The second-order valence-corrected chi connectivity index (χ2v) is 7.58. The first-order chi connectivity index (χ1) is 15.1. The van der Waals surface area contributed by atoms with Crippen molar-refractivity contribution in [3.05, 3.63) is 71.7 Å². The second kappa shape index (κ2) is 9.38. The molecule has 2 amide bonds. The molecule has 0 fully saturated rings. The summed E-state index contributed by atoms with van der Waals surface area (Å²) >= 11 is 0. The maximum atomic E-state index is 12.8. The minimum atomic E-state index is -0.386. The molecule has 0 spiro atoms. The zero-order valence-corrected chi connectivity index (χ0v) is 17.5. The largest absolute Gasteiger partial charge is 0.322 e. The van der Waals surface area contributed by atoms with Crippen LogP contribution in [0.5, 0.6) is 0 Å². The minimum Gasteiger partial charge on any atom is -0.322 e. The van der Waals surface area contributed by atoms with Crippen molar-refractivity contribution in [3.63, 3.8) is 0 Å². The summed E-state index contributed by atoms with van der Waals surface area (Å²) in [7, 11) is 0. The number of rotatable bonds is 5. The van der Waals surface area contributed by atoms with Crippen molar-refractivity contribution < 1.29 is 9.59 Å². The number of hydrogen-bond acceptors (Lipinski definition) is 4. The summed E-state index contributed by atoms with van der Waals surface area (Å²) in [6.07, 6.45) is 6.10. The molecule has 0 saturated carbocycles. The quantitative estimate of drug-likeness (QED) is 0.621. The molecule has 158 valence electrons. The van der Waals surface area contributed by atoms with E-state index in [1.165, 1.54) is 13.3 Å². The van der Waals surface area contributed by atoms with Crippen LogP contribution >= 0.6 is 0 Å². The topological polar surface area (TPSA) is 88.9 Å². The van der Waals surface area contributed by atoms with Crippen molar-refractivity contribution in [1.29, 1.82) is 0 Å². The third-order valence-electron chi connectivity index (χ3n) is 5.18. The van der Waals surface area contributed by atoms with Crippen LogP contribution in [-0.4, -0.2) is 26.6 Å². The Morgan fingerprint density at radius 3 is 2.48 bits per heavy atom. The number of aryl methyl sites for hydroxylation is 1. The first kappa shape index (κ1) is 20.5. The van der Waals surface area contributed by atoms with Crippen molar-refractivity contribution in [2.24, 2.45) is 0 Å². The van der Waals surface area contributed by atoms with E-state index in [0.29, 0.717) is 5.69 Å². The van der Waals surface area contributed by atoms with Gasteiger partial charge in [0.2, 0.25) is 5.91 Å². The van der Waals surface area contributed by atoms with E-state index in [2.05, 4.69) is 25.4 Å². The third-order valence-corrected chi connectivity index (χ3v) is 5.18. The lowest BCUT2D eigenvalue weighted by Crippen LogP contribution is -2.28. The highest BCUT2D eigenvalue weighted by molar-refractivity contribution is 6.08. The van der Waals surface area contributed by atoms with Gasteiger partial charge in [-0.25, -0.2) is 0 Å². The van der Waals surface area contributed by atoms with Crippen LogP contribution in [0.25, 0.3) is 17.5 Å². The van der Waals surface area contributed by atoms with E-state index in [9.17, 15) is 9.59 Å². The molecule has 0 aliphatic carbocycles. The molecule has 0 saturated heterocycles. The number of nitrogens with one attached hydrogen (secondary N) is 2. The molecular weight excluding hydrogens is 390 g/mol. The summed E-state index contributed by atoms with van der Waals surface area (Å²) < 4.78 is 2.19. The van der Waals surface area contributed by atoms with Gasteiger partial charge in [-0.3, -0.25) is 9.59 Å². The molecule has 2 aromatic carbocycles. The number of amides is 2. The van der Waals surface area contributed by atoms with Crippen LogP contribution in [0.2, 0.25) is 0 Å². The predicted octanol–water partition coefficient (Wildman–Crippen LogP) is 3.79. The van der Waals surface area contributed by atoms with Gasteiger partial charge in [-0.1, -0.05) is 36.8 Å². The molecule has 2 heterocycles. The first-order valence-electron chi connectivity index (χ1n) is 10.5. The van der Waals surface area contributed by atoms with E-state index in [0.717, 1.165) is 48.6 Å². The van der Waals surface area contributed by atoms with Crippen LogP contribution in [0.3, 0.4) is 0 Å². The molecule has 2 N–H and O–H groups in total. The van der Waals surface area contributed by atoms with Gasteiger partial charge in [0.15, 0.2) is 5.82 Å². The lowest BCUT2D eigenvalue weighted by atomic mass is 10.1. The normalized spacial score (nSPS) is 13.8. The second-order valence-electron chi connectivity index (χ2n) is 7.58. The number of anilines is 1. The van der Waals surface area contributed by atoms with Gasteiger partial charge in [-0.2, -0.15) is 0 Å². The van der Waals surface area contributed by atoms with Gasteiger partial charge in [-0.15, -0.1) is 10.2 Å². The van der Waals surface area contributed by atoms with E-state index >= 15 is 0 Å². The molecule has 3 aromatic rings. The van der Waals surface area contributed by atoms with Crippen molar-refractivity contribution in [1.82, 2.24) is 20.1 Å². The predicted molar refractivity (Wildman–Crippen MR) is 120 cm³/mol. The zero-order valence-electron chi connectivity index (χ0n) is 17.5. The number of benzene rings is 2. The van der Waals surface area contributed by atoms with Gasteiger partial charge in [0.25, 0.3) is 5.91 Å². The highest BCUT2D eigenvalue weighted by Crippen LogP contribution is 2.24. The van der Waals surface area contributed by atoms with Gasteiger partial charge in [0.05, 0.1) is 0 Å². The fourth-order valence-electron chi connectivity index (χ4n) is 3.66. The number of hydrogen-bond donors (Lipinski definition) is 2.